The van der Waals surface area contributed by atoms with Crippen LogP contribution in [-0.4, -0.2) is 26.4 Å². The van der Waals surface area contributed by atoms with Crippen LogP contribution in [0.15, 0.2) is 54.9 Å². The summed E-state index contributed by atoms with van der Waals surface area (Å²) in [6.45, 7) is 4.77. The van der Waals surface area contributed by atoms with Gasteiger partial charge in [-0.25, -0.2) is 14.6 Å². The summed E-state index contributed by atoms with van der Waals surface area (Å²) < 4.78 is 50.4. The van der Waals surface area contributed by atoms with E-state index in [0.29, 0.717) is 46.8 Å². The number of alkyl halides is 3. The normalized spacial score (nSPS) is 16.8. The van der Waals surface area contributed by atoms with E-state index in [1.54, 1.807) is 30.3 Å². The zero-order valence-corrected chi connectivity index (χ0v) is 19.7. The first-order valence-electron chi connectivity index (χ1n) is 11.9. The summed E-state index contributed by atoms with van der Waals surface area (Å²) in [5, 5.41) is 4.81. The number of rotatable bonds is 5. The summed E-state index contributed by atoms with van der Waals surface area (Å²) in [5.74, 6) is 0.470. The van der Waals surface area contributed by atoms with Crippen molar-refractivity contribution in [1.82, 2.24) is 19.7 Å². The number of nitrogens with zero attached hydrogens (tertiary/aromatic N) is 4. The van der Waals surface area contributed by atoms with E-state index in [2.05, 4.69) is 28.9 Å². The van der Waals surface area contributed by atoms with Crippen molar-refractivity contribution < 1.29 is 17.9 Å². The average Bonchev–Trinajstić information content (AvgIpc) is 3.25. The van der Waals surface area contributed by atoms with Crippen LogP contribution in [0.5, 0.6) is 0 Å². The second-order valence-electron chi connectivity index (χ2n) is 9.37. The molecule has 0 bridgehead atoms. The lowest BCUT2D eigenvalue weighted by Gasteiger charge is -2.25. The van der Waals surface area contributed by atoms with E-state index in [0.717, 1.165) is 24.8 Å². The lowest BCUT2D eigenvalue weighted by atomic mass is 9.97. The largest absolute Gasteiger partial charge is 0.435 e. The Kier molecular flexibility index (Phi) is 6.32. The molecule has 0 radical (unpaired) electrons. The molecule has 35 heavy (non-hydrogen) atoms. The second-order valence-corrected chi connectivity index (χ2v) is 9.37. The molecule has 0 aliphatic carbocycles. The van der Waals surface area contributed by atoms with E-state index in [4.69, 9.17) is 4.74 Å². The van der Waals surface area contributed by atoms with Crippen molar-refractivity contribution in [3.8, 4) is 22.5 Å². The summed E-state index contributed by atoms with van der Waals surface area (Å²) in [6.07, 6.45) is -0.624. The van der Waals surface area contributed by atoms with Crippen molar-refractivity contribution >= 4 is 10.9 Å². The maximum absolute atomic E-state index is 14.3. The Labute approximate surface area is 202 Å². The van der Waals surface area contributed by atoms with Crippen molar-refractivity contribution in [1.29, 1.82) is 0 Å². The topological polar surface area (TPSA) is 52.8 Å². The third-order valence-electron chi connectivity index (χ3n) is 6.24. The highest BCUT2D eigenvalue weighted by atomic mass is 19.4. The van der Waals surface area contributed by atoms with Gasteiger partial charge in [0.15, 0.2) is 11.9 Å². The fourth-order valence-electron chi connectivity index (χ4n) is 4.75. The third-order valence-corrected chi connectivity index (χ3v) is 6.24. The van der Waals surface area contributed by atoms with E-state index >= 15 is 0 Å². The molecule has 1 fully saturated rings. The molecule has 1 aliphatic heterocycles. The highest BCUT2D eigenvalue weighted by Crippen LogP contribution is 2.45. The predicted octanol–water partition coefficient (Wildman–Crippen LogP) is 7.08. The molecule has 1 atom stereocenters. The molecule has 0 N–H and O–H groups in total. The van der Waals surface area contributed by atoms with Crippen molar-refractivity contribution in [2.24, 2.45) is 5.92 Å². The minimum Gasteiger partial charge on any atom is -0.356 e. The molecule has 4 aromatic rings. The molecule has 1 aliphatic rings. The van der Waals surface area contributed by atoms with E-state index in [-0.39, 0.29) is 5.56 Å². The summed E-state index contributed by atoms with van der Waals surface area (Å²) in [7, 11) is 0. The van der Waals surface area contributed by atoms with Gasteiger partial charge in [0.1, 0.15) is 12.0 Å². The lowest BCUT2D eigenvalue weighted by Crippen LogP contribution is -2.21. The van der Waals surface area contributed by atoms with Crippen molar-refractivity contribution in [2.75, 3.05) is 6.61 Å². The van der Waals surface area contributed by atoms with Crippen LogP contribution in [0.1, 0.15) is 50.6 Å². The van der Waals surface area contributed by atoms with E-state index in [1.165, 1.54) is 11.0 Å². The first-order chi connectivity index (χ1) is 16.8. The van der Waals surface area contributed by atoms with Crippen molar-refractivity contribution in [3.05, 3.63) is 66.1 Å². The molecule has 0 amide bonds. The SMILES string of the molecule is CC(C)Cc1ccc2c(-c3c(-c4ccccc4)c(C(F)(F)F)nn3C3CCCCO3)ncnc2c1. The van der Waals surface area contributed by atoms with Crippen LogP contribution >= 0.6 is 0 Å². The first kappa shape index (κ1) is 23.5. The zero-order valence-electron chi connectivity index (χ0n) is 19.7. The van der Waals surface area contributed by atoms with Gasteiger partial charge in [0.25, 0.3) is 0 Å². The molecule has 3 heterocycles. The summed E-state index contributed by atoms with van der Waals surface area (Å²) >= 11 is 0. The van der Waals surface area contributed by atoms with Crippen LogP contribution in [0, 0.1) is 5.92 Å². The van der Waals surface area contributed by atoms with Crippen molar-refractivity contribution in [3.63, 3.8) is 0 Å². The van der Waals surface area contributed by atoms with Gasteiger partial charge in [-0.05, 0) is 48.8 Å². The van der Waals surface area contributed by atoms with Gasteiger partial charge in [-0.2, -0.15) is 18.3 Å². The lowest BCUT2D eigenvalue weighted by molar-refractivity contribution is -0.141. The predicted molar refractivity (Wildman–Crippen MR) is 129 cm³/mol. The Morgan fingerprint density at radius 3 is 2.54 bits per heavy atom. The number of hydrogen-bond donors (Lipinski definition) is 0. The summed E-state index contributed by atoms with van der Waals surface area (Å²) in [5.41, 5.74) is 2.05. The molecule has 5 nitrogen and oxygen atoms in total. The maximum atomic E-state index is 14.3. The Hall–Kier alpha value is -3.26. The minimum absolute atomic E-state index is 0.0125. The Bertz CT molecular complexity index is 1330. The molecular formula is C27H27F3N4O. The smallest absolute Gasteiger partial charge is 0.356 e. The second kappa shape index (κ2) is 9.41. The number of aromatic nitrogens is 4. The number of halogens is 3. The summed E-state index contributed by atoms with van der Waals surface area (Å²) in [6, 6.07) is 14.5. The average molecular weight is 481 g/mol. The molecule has 2 aromatic carbocycles. The molecule has 0 saturated carbocycles. The van der Waals surface area contributed by atoms with Gasteiger partial charge in [-0.3, -0.25) is 0 Å². The number of hydrogen-bond acceptors (Lipinski definition) is 4. The molecule has 0 spiro atoms. The van der Waals surface area contributed by atoms with Gasteiger partial charge in [0, 0.05) is 17.6 Å². The van der Waals surface area contributed by atoms with Crippen LogP contribution in [-0.2, 0) is 17.3 Å². The van der Waals surface area contributed by atoms with Crippen LogP contribution in [0.2, 0.25) is 0 Å². The molecule has 8 heteroatoms. The molecule has 182 valence electrons. The fraction of sp³-hybridized carbons (Fsp3) is 0.370. The van der Waals surface area contributed by atoms with Crippen LogP contribution < -0.4 is 0 Å². The Balaban J connectivity index is 1.80. The van der Waals surface area contributed by atoms with E-state index in [9.17, 15) is 13.2 Å². The zero-order chi connectivity index (χ0) is 24.6. The number of fused-ring (bicyclic) bond motifs is 1. The Morgan fingerprint density at radius 1 is 1.06 bits per heavy atom. The summed E-state index contributed by atoms with van der Waals surface area (Å²) in [4.78, 5) is 8.95. The van der Waals surface area contributed by atoms with E-state index in [1.807, 2.05) is 18.2 Å². The Morgan fingerprint density at radius 2 is 1.86 bits per heavy atom. The van der Waals surface area contributed by atoms with Gasteiger partial charge in [0.05, 0.1) is 11.2 Å². The highest BCUT2D eigenvalue weighted by Gasteiger charge is 2.41. The highest BCUT2D eigenvalue weighted by molar-refractivity contribution is 5.96. The standard InChI is InChI=1S/C27H27F3N4O/c1-17(2)14-18-11-12-20-21(15-18)31-16-32-24(20)25-23(19-8-4-3-5-9-19)26(27(28,29)30)33-34(25)22-10-6-7-13-35-22/h3-5,8-9,11-12,15-17,22H,6-7,10,13-14H2,1-2H3. The van der Waals surface area contributed by atoms with Crippen LogP contribution in [0.4, 0.5) is 13.2 Å². The van der Waals surface area contributed by atoms with Crippen LogP contribution in [0.25, 0.3) is 33.4 Å². The van der Waals surface area contributed by atoms with Gasteiger partial charge < -0.3 is 4.74 Å². The number of benzene rings is 2. The molecule has 1 unspecified atom stereocenters. The molecule has 2 aromatic heterocycles. The maximum Gasteiger partial charge on any atom is 0.435 e. The fourth-order valence-corrected chi connectivity index (χ4v) is 4.75. The third kappa shape index (κ3) is 4.67. The minimum atomic E-state index is -4.65. The number of ether oxygens (including phenoxy) is 1. The van der Waals surface area contributed by atoms with Crippen LogP contribution in [0.3, 0.4) is 0 Å². The molecule has 5 rings (SSSR count). The van der Waals surface area contributed by atoms with Gasteiger partial charge in [-0.15, -0.1) is 0 Å². The molecular weight excluding hydrogens is 453 g/mol. The van der Waals surface area contributed by atoms with E-state index < -0.39 is 18.1 Å². The quantitative estimate of drug-likeness (QED) is 0.306. The first-order valence-corrected chi connectivity index (χ1v) is 11.9. The monoisotopic (exact) mass is 480 g/mol. The molecule has 1 saturated heterocycles. The van der Waals surface area contributed by atoms with Gasteiger partial charge in [0.2, 0.25) is 0 Å². The van der Waals surface area contributed by atoms with Gasteiger partial charge >= 0.3 is 6.18 Å². The van der Waals surface area contributed by atoms with Crippen molar-refractivity contribution in [2.45, 2.75) is 51.9 Å². The van der Waals surface area contributed by atoms with Gasteiger partial charge in [-0.1, -0.05) is 56.3 Å².